The summed E-state index contributed by atoms with van der Waals surface area (Å²) in [5.74, 6) is 3.44. The molecule has 0 unspecified atom stereocenters. The van der Waals surface area contributed by atoms with Crippen LogP contribution in [0.5, 0.6) is 5.75 Å². The quantitative estimate of drug-likeness (QED) is 0.873. The molecule has 0 spiro atoms. The van der Waals surface area contributed by atoms with Gasteiger partial charge in [0.1, 0.15) is 23.2 Å². The molecule has 0 radical (unpaired) electrons. The number of nitrogens with two attached hydrogens (primary N) is 1. The first-order valence-corrected chi connectivity index (χ1v) is 6.89. The van der Waals surface area contributed by atoms with E-state index in [-0.39, 0.29) is 0 Å². The third kappa shape index (κ3) is 2.99. The standard InChI is InChI=1S/C15H18N4O/c1-2-20-12-7-5-11(6-8-12)17-14-9-13(16)18-15(19-14)10-3-4-10/h5-10H,2-4H2,1H3,(H3,16,17,18,19). The van der Waals surface area contributed by atoms with Crippen LogP contribution in [0.25, 0.3) is 0 Å². The van der Waals surface area contributed by atoms with Gasteiger partial charge in [-0.15, -0.1) is 0 Å². The molecule has 1 saturated carbocycles. The zero-order valence-corrected chi connectivity index (χ0v) is 11.5. The minimum atomic E-state index is 0.486. The van der Waals surface area contributed by atoms with Crippen LogP contribution in [0.1, 0.15) is 31.5 Å². The fourth-order valence-electron chi connectivity index (χ4n) is 2.02. The molecule has 104 valence electrons. The van der Waals surface area contributed by atoms with Crippen LogP contribution in [-0.4, -0.2) is 16.6 Å². The highest BCUT2D eigenvalue weighted by Gasteiger charge is 2.27. The van der Waals surface area contributed by atoms with Crippen LogP contribution in [0.4, 0.5) is 17.3 Å². The summed E-state index contributed by atoms with van der Waals surface area (Å²) < 4.78 is 5.42. The molecule has 0 aliphatic heterocycles. The first-order valence-electron chi connectivity index (χ1n) is 6.89. The Labute approximate surface area is 118 Å². The van der Waals surface area contributed by atoms with Crippen molar-refractivity contribution in [2.45, 2.75) is 25.7 Å². The van der Waals surface area contributed by atoms with Crippen molar-refractivity contribution < 1.29 is 4.74 Å². The van der Waals surface area contributed by atoms with Gasteiger partial charge in [0, 0.05) is 17.7 Å². The highest BCUT2D eigenvalue weighted by atomic mass is 16.5. The zero-order valence-electron chi connectivity index (χ0n) is 11.5. The van der Waals surface area contributed by atoms with E-state index >= 15 is 0 Å². The molecule has 1 aliphatic rings. The molecule has 5 nitrogen and oxygen atoms in total. The monoisotopic (exact) mass is 270 g/mol. The van der Waals surface area contributed by atoms with E-state index in [0.29, 0.717) is 18.3 Å². The van der Waals surface area contributed by atoms with Crippen molar-refractivity contribution in [3.63, 3.8) is 0 Å². The van der Waals surface area contributed by atoms with Crippen LogP contribution in [0, 0.1) is 0 Å². The summed E-state index contributed by atoms with van der Waals surface area (Å²) >= 11 is 0. The molecule has 1 fully saturated rings. The number of nitrogens with one attached hydrogen (secondary N) is 1. The van der Waals surface area contributed by atoms with Gasteiger partial charge in [-0.3, -0.25) is 0 Å². The Balaban J connectivity index is 1.76. The van der Waals surface area contributed by atoms with Gasteiger partial charge in [-0.05, 0) is 44.0 Å². The van der Waals surface area contributed by atoms with Gasteiger partial charge < -0.3 is 15.8 Å². The Morgan fingerprint density at radius 1 is 1.25 bits per heavy atom. The predicted molar refractivity (Wildman–Crippen MR) is 79.3 cm³/mol. The molecule has 0 amide bonds. The Hall–Kier alpha value is -2.30. The average Bonchev–Trinajstić information content (AvgIpc) is 3.25. The lowest BCUT2D eigenvalue weighted by Crippen LogP contribution is -2.02. The molecule has 1 aromatic carbocycles. The molecule has 3 N–H and O–H groups in total. The first-order chi connectivity index (χ1) is 9.74. The number of aromatic nitrogens is 2. The number of nitrogen functional groups attached to an aromatic ring is 1. The third-order valence-electron chi connectivity index (χ3n) is 3.14. The second kappa shape index (κ2) is 5.36. The molecule has 1 aromatic heterocycles. The predicted octanol–water partition coefficient (Wildman–Crippen LogP) is 3.08. The zero-order chi connectivity index (χ0) is 13.9. The minimum absolute atomic E-state index is 0.486. The molecular formula is C15H18N4O. The molecule has 0 saturated heterocycles. The Kier molecular flexibility index (Phi) is 3.41. The van der Waals surface area contributed by atoms with Crippen molar-refractivity contribution in [1.29, 1.82) is 0 Å². The third-order valence-corrected chi connectivity index (χ3v) is 3.14. The van der Waals surface area contributed by atoms with Crippen molar-refractivity contribution in [3.8, 4) is 5.75 Å². The molecule has 0 atom stereocenters. The maximum atomic E-state index is 5.83. The fourth-order valence-corrected chi connectivity index (χ4v) is 2.02. The van der Waals surface area contributed by atoms with E-state index < -0.39 is 0 Å². The highest BCUT2D eigenvalue weighted by Crippen LogP contribution is 2.38. The number of ether oxygens (including phenoxy) is 1. The van der Waals surface area contributed by atoms with Crippen LogP contribution in [-0.2, 0) is 0 Å². The lowest BCUT2D eigenvalue weighted by molar-refractivity contribution is 0.340. The van der Waals surface area contributed by atoms with Crippen LogP contribution < -0.4 is 15.8 Å². The average molecular weight is 270 g/mol. The van der Waals surface area contributed by atoms with Crippen LogP contribution >= 0.6 is 0 Å². The molecule has 5 heteroatoms. The highest BCUT2D eigenvalue weighted by molar-refractivity contribution is 5.59. The lowest BCUT2D eigenvalue weighted by Gasteiger charge is -2.09. The Morgan fingerprint density at radius 2 is 2.00 bits per heavy atom. The fraction of sp³-hybridized carbons (Fsp3) is 0.333. The van der Waals surface area contributed by atoms with Crippen LogP contribution in [0.15, 0.2) is 30.3 Å². The van der Waals surface area contributed by atoms with E-state index in [1.165, 1.54) is 0 Å². The topological polar surface area (TPSA) is 73.1 Å². The Morgan fingerprint density at radius 3 is 2.65 bits per heavy atom. The molecule has 1 heterocycles. The van der Waals surface area contributed by atoms with E-state index in [0.717, 1.165) is 35.9 Å². The number of anilines is 3. The summed E-state index contributed by atoms with van der Waals surface area (Å²) in [5.41, 5.74) is 6.78. The van der Waals surface area contributed by atoms with E-state index in [1.807, 2.05) is 31.2 Å². The molecule has 1 aliphatic carbocycles. The normalized spacial score (nSPS) is 14.1. The number of rotatable bonds is 5. The summed E-state index contributed by atoms with van der Waals surface area (Å²) in [5, 5.41) is 3.25. The SMILES string of the molecule is CCOc1ccc(Nc2cc(N)nc(C3CC3)n2)cc1. The van der Waals surface area contributed by atoms with E-state index in [4.69, 9.17) is 10.5 Å². The van der Waals surface area contributed by atoms with Crippen LogP contribution in [0.3, 0.4) is 0 Å². The van der Waals surface area contributed by atoms with Gasteiger partial charge in [0.2, 0.25) is 0 Å². The number of benzene rings is 1. The van der Waals surface area contributed by atoms with Gasteiger partial charge in [-0.2, -0.15) is 0 Å². The molecule has 3 rings (SSSR count). The van der Waals surface area contributed by atoms with Crippen molar-refractivity contribution in [2.75, 3.05) is 17.7 Å². The largest absolute Gasteiger partial charge is 0.494 e. The number of hydrogen-bond acceptors (Lipinski definition) is 5. The number of hydrogen-bond donors (Lipinski definition) is 2. The molecule has 20 heavy (non-hydrogen) atoms. The van der Waals surface area contributed by atoms with Crippen molar-refractivity contribution in [3.05, 3.63) is 36.2 Å². The second-order valence-corrected chi connectivity index (χ2v) is 4.89. The first kappa shape index (κ1) is 12.7. The van der Waals surface area contributed by atoms with E-state index in [2.05, 4.69) is 15.3 Å². The van der Waals surface area contributed by atoms with Gasteiger partial charge in [0.05, 0.1) is 6.61 Å². The maximum Gasteiger partial charge on any atom is 0.136 e. The van der Waals surface area contributed by atoms with Crippen molar-refractivity contribution in [1.82, 2.24) is 9.97 Å². The summed E-state index contributed by atoms with van der Waals surface area (Å²) in [6.07, 6.45) is 2.32. The summed E-state index contributed by atoms with van der Waals surface area (Å²) in [4.78, 5) is 8.80. The minimum Gasteiger partial charge on any atom is -0.494 e. The number of nitrogens with zero attached hydrogens (tertiary/aromatic N) is 2. The Bertz CT molecular complexity index is 593. The van der Waals surface area contributed by atoms with Crippen molar-refractivity contribution >= 4 is 17.3 Å². The summed E-state index contributed by atoms with van der Waals surface area (Å²) in [6.45, 7) is 2.63. The van der Waals surface area contributed by atoms with E-state index in [1.54, 1.807) is 6.07 Å². The lowest BCUT2D eigenvalue weighted by atomic mass is 10.3. The molecular weight excluding hydrogens is 252 g/mol. The molecule has 2 aromatic rings. The maximum absolute atomic E-state index is 5.83. The van der Waals surface area contributed by atoms with Crippen LogP contribution in [0.2, 0.25) is 0 Å². The molecule has 0 bridgehead atoms. The summed E-state index contributed by atoms with van der Waals surface area (Å²) in [6, 6.07) is 9.53. The smallest absolute Gasteiger partial charge is 0.136 e. The van der Waals surface area contributed by atoms with Gasteiger partial charge in [-0.1, -0.05) is 0 Å². The van der Waals surface area contributed by atoms with Gasteiger partial charge in [0.15, 0.2) is 0 Å². The second-order valence-electron chi connectivity index (χ2n) is 4.89. The summed E-state index contributed by atoms with van der Waals surface area (Å²) in [7, 11) is 0. The van der Waals surface area contributed by atoms with Crippen molar-refractivity contribution in [2.24, 2.45) is 0 Å². The van der Waals surface area contributed by atoms with Gasteiger partial charge in [0.25, 0.3) is 0 Å². The van der Waals surface area contributed by atoms with E-state index in [9.17, 15) is 0 Å². The van der Waals surface area contributed by atoms with Gasteiger partial charge >= 0.3 is 0 Å². The van der Waals surface area contributed by atoms with Gasteiger partial charge in [-0.25, -0.2) is 9.97 Å².